The molecule has 0 saturated heterocycles. The lowest BCUT2D eigenvalue weighted by molar-refractivity contribution is -0.111. The van der Waals surface area contributed by atoms with E-state index in [1.165, 1.54) is 18.2 Å². The maximum Gasteiger partial charge on any atom is 0.181 e. The third kappa shape index (κ3) is 6.25. The lowest BCUT2D eigenvalue weighted by atomic mass is 10.1. The number of carbonyl (C=O) groups excluding carboxylic acids is 1. The summed E-state index contributed by atoms with van der Waals surface area (Å²) in [6, 6.07) is 0. The minimum absolute atomic E-state index is 0.145. The molecule has 0 spiro atoms. The monoisotopic (exact) mass is 184 g/mol. The summed E-state index contributed by atoms with van der Waals surface area (Å²) in [6.07, 6.45) is 4.16. The Bertz CT molecular complexity index is 231. The van der Waals surface area contributed by atoms with E-state index in [2.05, 4.69) is 0 Å². The van der Waals surface area contributed by atoms with Crippen molar-refractivity contribution in [2.24, 2.45) is 0 Å². The van der Waals surface area contributed by atoms with E-state index in [0.29, 0.717) is 5.57 Å². The molecular formula is C10H16O3. The second-order valence-electron chi connectivity index (χ2n) is 3.42. The number of hydrogen-bond acceptors (Lipinski definition) is 3. The van der Waals surface area contributed by atoms with E-state index in [4.69, 9.17) is 5.11 Å². The van der Waals surface area contributed by atoms with Gasteiger partial charge in [-0.3, -0.25) is 4.79 Å². The molecule has 0 aliphatic carbocycles. The van der Waals surface area contributed by atoms with Crippen LogP contribution in [0.1, 0.15) is 20.8 Å². The van der Waals surface area contributed by atoms with Gasteiger partial charge in [-0.15, -0.1) is 0 Å². The molecule has 0 aliphatic rings. The summed E-state index contributed by atoms with van der Waals surface area (Å²) >= 11 is 0. The van der Waals surface area contributed by atoms with E-state index >= 15 is 0 Å². The van der Waals surface area contributed by atoms with Gasteiger partial charge in [0.2, 0.25) is 0 Å². The lowest BCUT2D eigenvalue weighted by Crippen LogP contribution is -2.14. The number of hydrogen-bond donors (Lipinski definition) is 2. The highest BCUT2D eigenvalue weighted by atomic mass is 16.3. The minimum atomic E-state index is -0.977. The van der Waals surface area contributed by atoms with Crippen LogP contribution in [-0.4, -0.2) is 28.2 Å². The Morgan fingerprint density at radius 3 is 2.38 bits per heavy atom. The van der Waals surface area contributed by atoms with Crippen molar-refractivity contribution in [3.63, 3.8) is 0 Å². The zero-order valence-electron chi connectivity index (χ0n) is 8.24. The highest BCUT2D eigenvalue weighted by Gasteiger charge is 2.07. The average molecular weight is 184 g/mol. The molecule has 3 nitrogen and oxygen atoms in total. The number of rotatable bonds is 4. The van der Waals surface area contributed by atoms with Crippen LogP contribution < -0.4 is 0 Å². The Kier molecular flexibility index (Phi) is 4.59. The van der Waals surface area contributed by atoms with Gasteiger partial charge >= 0.3 is 0 Å². The predicted molar refractivity (Wildman–Crippen MR) is 51.3 cm³/mol. The smallest absolute Gasteiger partial charge is 0.181 e. The topological polar surface area (TPSA) is 57.5 Å². The maximum absolute atomic E-state index is 11.2. The van der Waals surface area contributed by atoms with E-state index in [1.807, 2.05) is 0 Å². The summed E-state index contributed by atoms with van der Waals surface area (Å²) in [7, 11) is 0. The summed E-state index contributed by atoms with van der Waals surface area (Å²) in [5.74, 6) is -0.198. The summed E-state index contributed by atoms with van der Waals surface area (Å²) in [5, 5.41) is 17.8. The molecule has 0 rings (SSSR count). The van der Waals surface area contributed by atoms with Gasteiger partial charge < -0.3 is 10.2 Å². The van der Waals surface area contributed by atoms with Crippen molar-refractivity contribution in [1.29, 1.82) is 0 Å². The molecule has 13 heavy (non-hydrogen) atoms. The maximum atomic E-state index is 11.2. The fourth-order valence-electron chi connectivity index (χ4n) is 0.649. The van der Waals surface area contributed by atoms with Gasteiger partial charge in [-0.2, -0.15) is 0 Å². The lowest BCUT2D eigenvalue weighted by Gasteiger charge is -2.09. The van der Waals surface area contributed by atoms with Crippen molar-refractivity contribution >= 4 is 5.78 Å². The Hall–Kier alpha value is -0.930. The van der Waals surface area contributed by atoms with Crippen molar-refractivity contribution in [3.8, 4) is 0 Å². The van der Waals surface area contributed by atoms with Gasteiger partial charge in [-0.05, 0) is 38.5 Å². The molecule has 0 aliphatic heterocycles. The first-order chi connectivity index (χ1) is 5.87. The normalized spacial score (nSPS) is 13.8. The van der Waals surface area contributed by atoms with Gasteiger partial charge in [0.05, 0.1) is 12.2 Å². The first-order valence-electron chi connectivity index (χ1n) is 4.10. The Labute approximate surface area is 78.4 Å². The van der Waals surface area contributed by atoms with E-state index in [9.17, 15) is 9.90 Å². The van der Waals surface area contributed by atoms with Crippen LogP contribution in [0.4, 0.5) is 0 Å². The standard InChI is InChI=1S/C10H16O3/c1-8(5-7-11)9(12)4-6-10(2,3)13/h4-6,11,13H,7H2,1-3H3/b6-4+,8-5+. The Balaban J connectivity index is 4.32. The number of ketones is 1. The van der Waals surface area contributed by atoms with Crippen LogP contribution in [0.15, 0.2) is 23.8 Å². The predicted octanol–water partition coefficient (Wildman–Crippen LogP) is 0.821. The number of aliphatic hydroxyl groups is 2. The van der Waals surface area contributed by atoms with Gasteiger partial charge in [0.1, 0.15) is 0 Å². The Morgan fingerprint density at radius 2 is 2.00 bits per heavy atom. The quantitative estimate of drug-likeness (QED) is 0.636. The second kappa shape index (κ2) is 4.94. The summed E-state index contributed by atoms with van der Waals surface area (Å²) < 4.78 is 0. The van der Waals surface area contributed by atoms with E-state index in [-0.39, 0.29) is 12.4 Å². The van der Waals surface area contributed by atoms with Crippen LogP contribution >= 0.6 is 0 Å². The highest BCUT2D eigenvalue weighted by molar-refractivity contribution is 6.03. The van der Waals surface area contributed by atoms with E-state index < -0.39 is 5.60 Å². The van der Waals surface area contributed by atoms with Crippen LogP contribution in [0.25, 0.3) is 0 Å². The molecule has 0 radical (unpaired) electrons. The van der Waals surface area contributed by atoms with Crippen LogP contribution in [0.3, 0.4) is 0 Å². The molecule has 0 heterocycles. The van der Waals surface area contributed by atoms with Gasteiger partial charge in [-0.1, -0.05) is 6.08 Å². The third-order valence-electron chi connectivity index (χ3n) is 1.43. The molecule has 0 amide bonds. The molecule has 74 valence electrons. The molecule has 0 aromatic heterocycles. The summed E-state index contributed by atoms with van der Waals surface area (Å²) in [6.45, 7) is 4.64. The first-order valence-corrected chi connectivity index (χ1v) is 4.10. The minimum Gasteiger partial charge on any atom is -0.392 e. The molecule has 0 aromatic carbocycles. The van der Waals surface area contributed by atoms with Gasteiger partial charge in [0, 0.05) is 0 Å². The van der Waals surface area contributed by atoms with Crippen molar-refractivity contribution < 1.29 is 15.0 Å². The van der Waals surface area contributed by atoms with Crippen LogP contribution in [-0.2, 0) is 4.79 Å². The Morgan fingerprint density at radius 1 is 1.46 bits per heavy atom. The zero-order chi connectivity index (χ0) is 10.5. The molecule has 0 fully saturated rings. The van der Waals surface area contributed by atoms with Gasteiger partial charge in [0.25, 0.3) is 0 Å². The molecule has 0 saturated carbocycles. The molecule has 2 N–H and O–H groups in total. The van der Waals surface area contributed by atoms with Crippen molar-refractivity contribution in [2.45, 2.75) is 26.4 Å². The van der Waals surface area contributed by atoms with Crippen molar-refractivity contribution in [2.75, 3.05) is 6.61 Å². The fraction of sp³-hybridized carbons (Fsp3) is 0.500. The van der Waals surface area contributed by atoms with Crippen molar-refractivity contribution in [3.05, 3.63) is 23.8 Å². The molecule has 0 unspecified atom stereocenters. The van der Waals surface area contributed by atoms with E-state index in [1.54, 1.807) is 20.8 Å². The molecule has 0 aromatic rings. The largest absolute Gasteiger partial charge is 0.392 e. The number of allylic oxidation sites excluding steroid dienone is 2. The SMILES string of the molecule is C/C(=C\CO)C(=O)/C=C/C(C)(C)O. The van der Waals surface area contributed by atoms with E-state index in [0.717, 1.165) is 0 Å². The molecular weight excluding hydrogens is 168 g/mol. The molecule has 0 bridgehead atoms. The molecule has 0 atom stereocenters. The van der Waals surface area contributed by atoms with Crippen molar-refractivity contribution in [1.82, 2.24) is 0 Å². The van der Waals surface area contributed by atoms with Gasteiger partial charge in [-0.25, -0.2) is 0 Å². The number of carbonyl (C=O) groups is 1. The summed E-state index contributed by atoms with van der Waals surface area (Å²) in [4.78, 5) is 11.2. The second-order valence-corrected chi connectivity index (χ2v) is 3.42. The van der Waals surface area contributed by atoms with Crippen LogP contribution in [0, 0.1) is 0 Å². The average Bonchev–Trinajstić information content (AvgIpc) is 1.99. The highest BCUT2D eigenvalue weighted by Crippen LogP contribution is 2.04. The number of aliphatic hydroxyl groups excluding tert-OH is 1. The first kappa shape index (κ1) is 12.1. The zero-order valence-corrected chi connectivity index (χ0v) is 8.24. The van der Waals surface area contributed by atoms with Gasteiger partial charge in [0.15, 0.2) is 5.78 Å². The molecule has 3 heteroatoms. The third-order valence-corrected chi connectivity index (χ3v) is 1.43. The fourth-order valence-corrected chi connectivity index (χ4v) is 0.649. The van der Waals surface area contributed by atoms with Crippen LogP contribution in [0.2, 0.25) is 0 Å². The van der Waals surface area contributed by atoms with Crippen LogP contribution in [0.5, 0.6) is 0 Å². The summed E-state index contributed by atoms with van der Waals surface area (Å²) in [5.41, 5.74) is -0.502.